The van der Waals surface area contributed by atoms with Crippen LogP contribution in [-0.2, 0) is 12.1 Å². The topological polar surface area (TPSA) is 47.3 Å². The van der Waals surface area contributed by atoms with Crippen LogP contribution in [-0.4, -0.2) is 22.1 Å². The van der Waals surface area contributed by atoms with Crippen molar-refractivity contribution in [3.8, 4) is 6.07 Å². The fourth-order valence-electron chi connectivity index (χ4n) is 4.60. The number of nitriles is 1. The van der Waals surface area contributed by atoms with Crippen LogP contribution >= 0.6 is 0 Å². The number of piperidine rings is 1. The Morgan fingerprint density at radius 2 is 1.80 bits per heavy atom. The van der Waals surface area contributed by atoms with Gasteiger partial charge in [-0.25, -0.2) is 4.39 Å². The minimum absolute atomic E-state index is 0.249. The van der Waals surface area contributed by atoms with E-state index in [4.69, 9.17) is 0 Å². The first kappa shape index (κ1) is 16.3. The first-order chi connectivity index (χ1) is 12.1. The van der Waals surface area contributed by atoms with E-state index in [2.05, 4.69) is 29.2 Å². The van der Waals surface area contributed by atoms with Crippen molar-refractivity contribution in [2.75, 3.05) is 0 Å². The largest absolute Gasteiger partial charge is 0.385 e. The maximum atomic E-state index is 13.5. The van der Waals surface area contributed by atoms with Crippen LogP contribution in [0.3, 0.4) is 0 Å². The van der Waals surface area contributed by atoms with E-state index >= 15 is 0 Å². The summed E-state index contributed by atoms with van der Waals surface area (Å²) in [6.07, 6.45) is 3.30. The van der Waals surface area contributed by atoms with Crippen LogP contribution in [0, 0.1) is 17.1 Å². The third kappa shape index (κ3) is 2.95. The molecule has 128 valence electrons. The molecule has 25 heavy (non-hydrogen) atoms. The number of rotatable bonds is 3. The summed E-state index contributed by atoms with van der Waals surface area (Å²) in [6.45, 7) is 0.890. The number of halogens is 1. The van der Waals surface area contributed by atoms with Gasteiger partial charge >= 0.3 is 0 Å². The van der Waals surface area contributed by atoms with Crippen molar-refractivity contribution in [2.24, 2.45) is 0 Å². The molecule has 2 bridgehead atoms. The van der Waals surface area contributed by atoms with Gasteiger partial charge in [-0.05, 0) is 43.4 Å². The lowest BCUT2D eigenvalue weighted by Gasteiger charge is -2.44. The second-order valence-electron chi connectivity index (χ2n) is 7.28. The summed E-state index contributed by atoms with van der Waals surface area (Å²) in [5.74, 6) is -0.437. The molecule has 2 saturated heterocycles. The van der Waals surface area contributed by atoms with E-state index in [0.717, 1.165) is 19.4 Å². The molecule has 0 saturated carbocycles. The van der Waals surface area contributed by atoms with Gasteiger partial charge in [-0.1, -0.05) is 36.4 Å². The van der Waals surface area contributed by atoms with Crippen molar-refractivity contribution in [2.45, 2.75) is 49.9 Å². The van der Waals surface area contributed by atoms with E-state index < -0.39 is 11.4 Å². The standard InChI is InChI=1S/C21H21FN2O/c22-17-6-9-20(16(10-17)13-23)21(25)11-18-7-8-19(12-21)24(18)14-15-4-2-1-3-5-15/h1-6,9-10,18-19,25H,7-8,11-12,14H2. The molecule has 0 aliphatic carbocycles. The Hall–Kier alpha value is -2.22. The zero-order chi connectivity index (χ0) is 17.4. The molecule has 2 heterocycles. The lowest BCUT2D eigenvalue weighted by molar-refractivity contribution is -0.0597. The molecule has 2 aliphatic rings. The number of hydrogen-bond donors (Lipinski definition) is 1. The fourth-order valence-corrected chi connectivity index (χ4v) is 4.60. The highest BCUT2D eigenvalue weighted by molar-refractivity contribution is 5.42. The predicted molar refractivity (Wildman–Crippen MR) is 93.0 cm³/mol. The molecule has 4 rings (SSSR count). The van der Waals surface area contributed by atoms with Gasteiger partial charge < -0.3 is 5.11 Å². The minimum Gasteiger partial charge on any atom is -0.385 e. The summed E-state index contributed by atoms with van der Waals surface area (Å²) in [5.41, 5.74) is 1.06. The molecule has 2 atom stereocenters. The maximum absolute atomic E-state index is 13.5. The number of hydrogen-bond acceptors (Lipinski definition) is 3. The summed E-state index contributed by atoms with van der Waals surface area (Å²) < 4.78 is 13.5. The van der Waals surface area contributed by atoms with E-state index in [0.29, 0.717) is 30.5 Å². The van der Waals surface area contributed by atoms with Gasteiger partial charge in [0.2, 0.25) is 0 Å². The highest BCUT2D eigenvalue weighted by Crippen LogP contribution is 2.47. The Labute approximate surface area is 147 Å². The van der Waals surface area contributed by atoms with Gasteiger partial charge in [-0.3, -0.25) is 4.90 Å². The van der Waals surface area contributed by atoms with Gasteiger partial charge in [-0.15, -0.1) is 0 Å². The SMILES string of the molecule is N#Cc1cc(F)ccc1C1(O)CC2CCC(C1)N2Cc1ccccc1. The average molecular weight is 336 g/mol. The molecule has 2 aliphatic heterocycles. The number of nitrogens with zero attached hydrogens (tertiary/aromatic N) is 2. The molecule has 0 spiro atoms. The summed E-state index contributed by atoms with van der Waals surface area (Å²) in [5, 5.41) is 20.7. The summed E-state index contributed by atoms with van der Waals surface area (Å²) in [6, 6.07) is 17.2. The first-order valence-corrected chi connectivity index (χ1v) is 8.81. The van der Waals surface area contributed by atoms with Crippen LogP contribution in [0.25, 0.3) is 0 Å². The molecule has 2 aromatic rings. The van der Waals surface area contributed by atoms with Crippen LogP contribution in [0.4, 0.5) is 4.39 Å². The number of fused-ring (bicyclic) bond motifs is 2. The molecule has 2 fully saturated rings. The van der Waals surface area contributed by atoms with Crippen molar-refractivity contribution in [3.05, 3.63) is 71.0 Å². The zero-order valence-corrected chi connectivity index (χ0v) is 14.0. The highest BCUT2D eigenvalue weighted by atomic mass is 19.1. The normalized spacial score (nSPS) is 28.7. The molecule has 0 amide bonds. The quantitative estimate of drug-likeness (QED) is 0.929. The minimum atomic E-state index is -1.04. The molecular weight excluding hydrogens is 315 g/mol. The molecule has 4 heteroatoms. The van der Waals surface area contributed by atoms with Crippen LogP contribution in [0.1, 0.15) is 42.4 Å². The Kier molecular flexibility index (Phi) is 4.07. The van der Waals surface area contributed by atoms with E-state index in [9.17, 15) is 14.8 Å². The third-order valence-corrected chi connectivity index (χ3v) is 5.73. The monoisotopic (exact) mass is 336 g/mol. The Morgan fingerprint density at radius 1 is 1.12 bits per heavy atom. The fraction of sp³-hybridized carbons (Fsp3) is 0.381. The van der Waals surface area contributed by atoms with Gasteiger partial charge in [-0.2, -0.15) is 5.26 Å². The predicted octanol–water partition coefficient (Wildman–Crippen LogP) is 3.71. The first-order valence-electron chi connectivity index (χ1n) is 8.81. The van der Waals surface area contributed by atoms with E-state index in [1.54, 1.807) is 6.07 Å². The molecule has 3 nitrogen and oxygen atoms in total. The van der Waals surface area contributed by atoms with Crippen molar-refractivity contribution >= 4 is 0 Å². The molecule has 2 aromatic carbocycles. The molecule has 1 N–H and O–H groups in total. The summed E-state index contributed by atoms with van der Waals surface area (Å²) >= 11 is 0. The van der Waals surface area contributed by atoms with Crippen LogP contribution < -0.4 is 0 Å². The molecule has 2 unspecified atom stereocenters. The second-order valence-corrected chi connectivity index (χ2v) is 7.28. The van der Waals surface area contributed by atoms with Gasteiger partial charge in [0.15, 0.2) is 0 Å². The Morgan fingerprint density at radius 3 is 2.44 bits per heavy atom. The number of benzene rings is 2. The van der Waals surface area contributed by atoms with Crippen molar-refractivity contribution in [3.63, 3.8) is 0 Å². The Balaban J connectivity index is 1.60. The van der Waals surface area contributed by atoms with Gasteiger partial charge in [0.1, 0.15) is 5.82 Å². The zero-order valence-electron chi connectivity index (χ0n) is 14.0. The smallest absolute Gasteiger partial charge is 0.124 e. The van der Waals surface area contributed by atoms with Crippen LogP contribution in [0.15, 0.2) is 48.5 Å². The van der Waals surface area contributed by atoms with E-state index in [-0.39, 0.29) is 5.56 Å². The number of aliphatic hydroxyl groups is 1. The van der Waals surface area contributed by atoms with Crippen molar-refractivity contribution in [1.82, 2.24) is 4.90 Å². The van der Waals surface area contributed by atoms with Crippen LogP contribution in [0.2, 0.25) is 0 Å². The average Bonchev–Trinajstić information content (AvgIpc) is 2.86. The van der Waals surface area contributed by atoms with Crippen molar-refractivity contribution in [1.29, 1.82) is 5.26 Å². The summed E-state index contributed by atoms with van der Waals surface area (Å²) in [4.78, 5) is 2.49. The molecule has 0 radical (unpaired) electrons. The Bertz CT molecular complexity index is 800. The van der Waals surface area contributed by atoms with E-state index in [1.807, 2.05) is 12.1 Å². The van der Waals surface area contributed by atoms with Gasteiger partial charge in [0.05, 0.1) is 17.2 Å². The second kappa shape index (κ2) is 6.25. The molecular formula is C21H21FN2O. The highest BCUT2D eigenvalue weighted by Gasteiger charge is 2.48. The lowest BCUT2D eigenvalue weighted by Crippen LogP contribution is -2.49. The van der Waals surface area contributed by atoms with Gasteiger partial charge in [0, 0.05) is 24.2 Å². The van der Waals surface area contributed by atoms with Crippen molar-refractivity contribution < 1.29 is 9.50 Å². The van der Waals surface area contributed by atoms with Gasteiger partial charge in [0.25, 0.3) is 0 Å². The molecule has 0 aromatic heterocycles. The maximum Gasteiger partial charge on any atom is 0.124 e. The lowest BCUT2D eigenvalue weighted by atomic mass is 9.78. The summed E-state index contributed by atoms with van der Waals surface area (Å²) in [7, 11) is 0. The third-order valence-electron chi connectivity index (χ3n) is 5.73. The van der Waals surface area contributed by atoms with E-state index in [1.165, 1.54) is 17.7 Å². The van der Waals surface area contributed by atoms with Crippen LogP contribution in [0.5, 0.6) is 0 Å².